The number of fused-ring (bicyclic) bond motifs is 3. The molecular formula is C29H28N2O6. The third-order valence-corrected chi connectivity index (χ3v) is 6.31. The summed E-state index contributed by atoms with van der Waals surface area (Å²) in [7, 11) is 1.41. The number of amides is 2. The van der Waals surface area contributed by atoms with E-state index < -0.39 is 24.2 Å². The van der Waals surface area contributed by atoms with E-state index in [9.17, 15) is 19.5 Å². The van der Waals surface area contributed by atoms with Crippen LogP contribution in [0.2, 0.25) is 0 Å². The van der Waals surface area contributed by atoms with Crippen molar-refractivity contribution in [3.05, 3.63) is 102 Å². The van der Waals surface area contributed by atoms with Crippen LogP contribution < -0.4 is 5.32 Å². The Hall–Kier alpha value is -4.59. The minimum Gasteiger partial charge on any atom is -0.480 e. The molecule has 0 heterocycles. The molecule has 0 spiro atoms. The molecule has 0 bridgehead atoms. The molecule has 0 aromatic heterocycles. The van der Waals surface area contributed by atoms with E-state index in [0.717, 1.165) is 27.2 Å². The lowest BCUT2D eigenvalue weighted by molar-refractivity contribution is -0.142. The van der Waals surface area contributed by atoms with Gasteiger partial charge in [0.25, 0.3) is 0 Å². The first-order valence-electron chi connectivity index (χ1n) is 11.8. The van der Waals surface area contributed by atoms with E-state index in [1.54, 1.807) is 24.3 Å². The van der Waals surface area contributed by atoms with E-state index in [4.69, 9.17) is 9.47 Å². The van der Waals surface area contributed by atoms with Crippen molar-refractivity contribution in [1.29, 1.82) is 0 Å². The molecule has 8 heteroatoms. The fourth-order valence-corrected chi connectivity index (χ4v) is 4.50. The molecule has 3 aromatic carbocycles. The molecule has 4 rings (SSSR count). The highest BCUT2D eigenvalue weighted by Gasteiger charge is 2.32. The van der Waals surface area contributed by atoms with Gasteiger partial charge in [0.05, 0.1) is 0 Å². The third kappa shape index (κ3) is 5.81. The number of carbonyl (C=O) groups excluding carboxylic acids is 2. The molecule has 37 heavy (non-hydrogen) atoms. The number of ether oxygens (including phenoxy) is 2. The molecule has 3 aromatic rings. The van der Waals surface area contributed by atoms with Crippen molar-refractivity contribution in [3.63, 3.8) is 0 Å². The molecule has 2 N–H and O–H groups in total. The van der Waals surface area contributed by atoms with Crippen molar-refractivity contribution in [3.8, 4) is 11.1 Å². The van der Waals surface area contributed by atoms with Crippen molar-refractivity contribution in [2.24, 2.45) is 0 Å². The van der Waals surface area contributed by atoms with Crippen molar-refractivity contribution in [2.75, 3.05) is 25.6 Å². The topological polar surface area (TPSA) is 105 Å². The highest BCUT2D eigenvalue weighted by molar-refractivity contribution is 5.85. The standard InChI is InChI=1S/C29H28N2O6/c1-3-15-36-28(34)30-20-10-8-9-19(16-20)17-26(27(32)33)31(2)29(35)37-18-25-23-13-6-4-11-21(23)22-12-5-7-14-24(22)25/h3-14,16,25-26H,1,15,17-18H2,2H3,(H,30,34)(H,32,33). The van der Waals surface area contributed by atoms with Gasteiger partial charge in [0.2, 0.25) is 0 Å². The number of rotatable bonds is 9. The van der Waals surface area contributed by atoms with Gasteiger partial charge in [-0.3, -0.25) is 10.2 Å². The van der Waals surface area contributed by atoms with Crippen LogP contribution in [0.1, 0.15) is 22.6 Å². The van der Waals surface area contributed by atoms with Crippen LogP contribution in [0.15, 0.2) is 85.5 Å². The summed E-state index contributed by atoms with van der Waals surface area (Å²) < 4.78 is 10.5. The second-order valence-corrected chi connectivity index (χ2v) is 8.69. The molecule has 0 fully saturated rings. The first-order chi connectivity index (χ1) is 17.9. The molecule has 0 saturated carbocycles. The Kier molecular flexibility index (Phi) is 7.88. The van der Waals surface area contributed by atoms with Gasteiger partial charge in [0, 0.05) is 25.1 Å². The summed E-state index contributed by atoms with van der Waals surface area (Å²) in [6, 6.07) is 21.5. The van der Waals surface area contributed by atoms with E-state index in [0.29, 0.717) is 11.3 Å². The zero-order valence-corrected chi connectivity index (χ0v) is 20.4. The van der Waals surface area contributed by atoms with Gasteiger partial charge in [-0.1, -0.05) is 73.3 Å². The van der Waals surface area contributed by atoms with Crippen LogP contribution in [0.3, 0.4) is 0 Å². The van der Waals surface area contributed by atoms with Crippen molar-refractivity contribution in [2.45, 2.75) is 18.4 Å². The SMILES string of the molecule is C=CCOC(=O)Nc1cccc(CC(C(=O)O)N(C)C(=O)OCC2c3ccccc3-c3ccccc32)c1. The third-order valence-electron chi connectivity index (χ3n) is 6.31. The lowest BCUT2D eigenvalue weighted by Gasteiger charge is -2.25. The minimum absolute atomic E-state index is 0.0211. The molecule has 0 radical (unpaired) electrons. The van der Waals surface area contributed by atoms with Gasteiger partial charge in [-0.25, -0.2) is 14.4 Å². The van der Waals surface area contributed by atoms with Crippen molar-refractivity contribution >= 4 is 23.8 Å². The van der Waals surface area contributed by atoms with E-state index >= 15 is 0 Å². The second-order valence-electron chi connectivity index (χ2n) is 8.69. The Labute approximate surface area is 215 Å². The van der Waals surface area contributed by atoms with Gasteiger partial charge in [-0.15, -0.1) is 0 Å². The van der Waals surface area contributed by atoms with Crippen LogP contribution in [0, 0.1) is 0 Å². The average molecular weight is 501 g/mol. The molecule has 1 aliphatic carbocycles. The van der Waals surface area contributed by atoms with Crippen LogP contribution in [-0.2, 0) is 20.7 Å². The number of nitrogens with zero attached hydrogens (tertiary/aromatic N) is 1. The second kappa shape index (κ2) is 11.4. The van der Waals surface area contributed by atoms with E-state index in [2.05, 4.69) is 11.9 Å². The zero-order chi connectivity index (χ0) is 26.4. The zero-order valence-electron chi connectivity index (χ0n) is 20.4. The molecule has 1 aliphatic rings. The molecule has 1 atom stereocenters. The van der Waals surface area contributed by atoms with Crippen molar-refractivity contribution in [1.82, 2.24) is 4.90 Å². The highest BCUT2D eigenvalue weighted by Crippen LogP contribution is 2.44. The van der Waals surface area contributed by atoms with Crippen LogP contribution in [0.4, 0.5) is 15.3 Å². The molecule has 190 valence electrons. The molecule has 8 nitrogen and oxygen atoms in total. The van der Waals surface area contributed by atoms with E-state index in [1.807, 2.05) is 48.5 Å². The normalized spacial score (nSPS) is 12.6. The number of hydrogen-bond acceptors (Lipinski definition) is 5. The van der Waals surface area contributed by atoms with E-state index in [1.165, 1.54) is 13.1 Å². The summed E-state index contributed by atoms with van der Waals surface area (Å²) in [5.41, 5.74) is 5.43. The van der Waals surface area contributed by atoms with Gasteiger partial charge in [0.15, 0.2) is 0 Å². The monoisotopic (exact) mass is 500 g/mol. The van der Waals surface area contributed by atoms with Gasteiger partial charge >= 0.3 is 18.2 Å². The Morgan fingerprint density at radius 3 is 2.27 bits per heavy atom. The van der Waals surface area contributed by atoms with Gasteiger partial charge in [-0.2, -0.15) is 0 Å². The molecule has 1 unspecified atom stereocenters. The number of hydrogen-bond donors (Lipinski definition) is 2. The van der Waals surface area contributed by atoms with Crippen LogP contribution in [-0.4, -0.2) is 54.5 Å². The maximum Gasteiger partial charge on any atom is 0.411 e. The number of carboxylic acids is 1. The number of carbonyl (C=O) groups is 3. The lowest BCUT2D eigenvalue weighted by atomic mass is 9.98. The van der Waals surface area contributed by atoms with E-state index in [-0.39, 0.29) is 25.6 Å². The highest BCUT2D eigenvalue weighted by atomic mass is 16.6. The Morgan fingerprint density at radius 2 is 1.65 bits per heavy atom. The Bertz CT molecular complexity index is 1280. The van der Waals surface area contributed by atoms with Gasteiger partial charge in [-0.05, 0) is 39.9 Å². The largest absolute Gasteiger partial charge is 0.480 e. The number of anilines is 1. The Balaban J connectivity index is 1.42. The van der Waals surface area contributed by atoms with Gasteiger partial charge in [0.1, 0.15) is 19.3 Å². The summed E-state index contributed by atoms with van der Waals surface area (Å²) in [5.74, 6) is -1.30. The quantitative estimate of drug-likeness (QED) is 0.387. The summed E-state index contributed by atoms with van der Waals surface area (Å²) in [6.45, 7) is 3.65. The predicted octanol–water partition coefficient (Wildman–Crippen LogP) is 5.30. The van der Waals surface area contributed by atoms with Crippen LogP contribution in [0.25, 0.3) is 11.1 Å². The predicted molar refractivity (Wildman–Crippen MR) is 140 cm³/mol. The average Bonchev–Trinajstić information content (AvgIpc) is 3.22. The fourth-order valence-electron chi connectivity index (χ4n) is 4.50. The van der Waals surface area contributed by atoms with Crippen molar-refractivity contribution < 1.29 is 29.0 Å². The summed E-state index contributed by atoms with van der Waals surface area (Å²) in [6.07, 6.45) is 0.0963. The lowest BCUT2D eigenvalue weighted by Crippen LogP contribution is -2.44. The minimum atomic E-state index is -1.17. The first-order valence-corrected chi connectivity index (χ1v) is 11.8. The molecule has 0 aliphatic heterocycles. The summed E-state index contributed by atoms with van der Waals surface area (Å²) in [4.78, 5) is 37.9. The van der Waals surface area contributed by atoms with Crippen LogP contribution >= 0.6 is 0 Å². The molecule has 0 saturated heterocycles. The number of benzene rings is 3. The number of carboxylic acid groups (broad SMARTS) is 1. The maximum atomic E-state index is 12.9. The summed E-state index contributed by atoms with van der Waals surface area (Å²) in [5, 5.41) is 12.4. The maximum absolute atomic E-state index is 12.9. The molecule has 2 amide bonds. The number of likely N-dealkylation sites (N-methyl/N-ethyl adjacent to an activating group) is 1. The van der Waals surface area contributed by atoms with Gasteiger partial charge < -0.3 is 14.6 Å². The first kappa shape index (κ1) is 25.5. The fraction of sp³-hybridized carbons (Fsp3) is 0.207. The Morgan fingerprint density at radius 1 is 1.00 bits per heavy atom. The summed E-state index contributed by atoms with van der Waals surface area (Å²) >= 11 is 0. The number of aliphatic carboxylic acids is 1. The molecular weight excluding hydrogens is 472 g/mol. The smallest absolute Gasteiger partial charge is 0.411 e. The van der Waals surface area contributed by atoms with Crippen LogP contribution in [0.5, 0.6) is 0 Å². The number of nitrogens with one attached hydrogen (secondary N) is 1.